The molecule has 1 aromatic rings. The van der Waals surface area contributed by atoms with Crippen LogP contribution >= 0.6 is 0 Å². The first-order valence-electron chi connectivity index (χ1n) is 5.58. The molecule has 1 aliphatic rings. The lowest BCUT2D eigenvalue weighted by molar-refractivity contribution is 0.224. The first-order valence-corrected chi connectivity index (χ1v) is 5.58. The predicted molar refractivity (Wildman–Crippen MR) is 61.1 cm³/mol. The van der Waals surface area contributed by atoms with Crippen molar-refractivity contribution in [2.24, 2.45) is 10.3 Å². The molecule has 0 aliphatic carbocycles. The Balaban J connectivity index is 1.95. The van der Waals surface area contributed by atoms with Crippen molar-refractivity contribution < 1.29 is 0 Å². The molecule has 0 N–H and O–H groups in total. The van der Waals surface area contributed by atoms with Crippen LogP contribution in [-0.4, -0.2) is 18.1 Å². The van der Waals surface area contributed by atoms with E-state index in [2.05, 4.69) is 34.4 Å². The summed E-state index contributed by atoms with van der Waals surface area (Å²) in [6, 6.07) is 8.13. The van der Waals surface area contributed by atoms with Crippen LogP contribution in [0.15, 0.2) is 34.6 Å². The minimum absolute atomic E-state index is 0.936. The minimum Gasteiger partial charge on any atom is -0.278 e. The SMILES string of the molecule is Cc1ccc(N=NN2CCCCC2)cc1. The molecule has 0 spiro atoms. The largest absolute Gasteiger partial charge is 0.278 e. The highest BCUT2D eigenvalue weighted by Gasteiger charge is 2.06. The van der Waals surface area contributed by atoms with Crippen LogP contribution in [0.25, 0.3) is 0 Å². The summed E-state index contributed by atoms with van der Waals surface area (Å²) in [7, 11) is 0. The second kappa shape index (κ2) is 4.91. The molecule has 0 bridgehead atoms. The van der Waals surface area contributed by atoms with Gasteiger partial charge in [0.15, 0.2) is 0 Å². The Hall–Kier alpha value is -1.38. The molecule has 1 fully saturated rings. The van der Waals surface area contributed by atoms with Gasteiger partial charge >= 0.3 is 0 Å². The molecule has 1 heterocycles. The van der Waals surface area contributed by atoms with Crippen molar-refractivity contribution in [3.8, 4) is 0 Å². The van der Waals surface area contributed by atoms with E-state index in [-0.39, 0.29) is 0 Å². The zero-order valence-corrected chi connectivity index (χ0v) is 9.19. The molecule has 15 heavy (non-hydrogen) atoms. The van der Waals surface area contributed by atoms with Crippen LogP contribution in [0.1, 0.15) is 24.8 Å². The van der Waals surface area contributed by atoms with Crippen LogP contribution in [0.5, 0.6) is 0 Å². The average molecular weight is 203 g/mol. The van der Waals surface area contributed by atoms with Crippen LogP contribution in [-0.2, 0) is 0 Å². The van der Waals surface area contributed by atoms with Gasteiger partial charge in [-0.05, 0) is 38.3 Å². The minimum atomic E-state index is 0.936. The summed E-state index contributed by atoms with van der Waals surface area (Å²) < 4.78 is 0. The van der Waals surface area contributed by atoms with E-state index in [0.29, 0.717) is 0 Å². The van der Waals surface area contributed by atoms with E-state index in [1.54, 1.807) is 0 Å². The Morgan fingerprint density at radius 3 is 2.33 bits per heavy atom. The Labute approximate surface area is 90.8 Å². The lowest BCUT2D eigenvalue weighted by atomic mass is 10.2. The Bertz CT molecular complexity index is 323. The number of nitrogens with zero attached hydrogens (tertiary/aromatic N) is 3. The van der Waals surface area contributed by atoms with E-state index >= 15 is 0 Å². The molecule has 2 rings (SSSR count). The van der Waals surface area contributed by atoms with E-state index in [4.69, 9.17) is 0 Å². The van der Waals surface area contributed by atoms with Gasteiger partial charge in [-0.2, -0.15) is 0 Å². The molecule has 0 aromatic heterocycles. The van der Waals surface area contributed by atoms with Crippen molar-refractivity contribution in [1.29, 1.82) is 0 Å². The first-order chi connectivity index (χ1) is 7.34. The van der Waals surface area contributed by atoms with Gasteiger partial charge in [-0.25, -0.2) is 0 Å². The number of benzene rings is 1. The van der Waals surface area contributed by atoms with Gasteiger partial charge in [0, 0.05) is 13.1 Å². The monoisotopic (exact) mass is 203 g/mol. The fraction of sp³-hybridized carbons (Fsp3) is 0.500. The molecular weight excluding hydrogens is 186 g/mol. The van der Waals surface area contributed by atoms with Crippen molar-refractivity contribution in [2.45, 2.75) is 26.2 Å². The van der Waals surface area contributed by atoms with E-state index < -0.39 is 0 Å². The maximum absolute atomic E-state index is 4.24. The zero-order chi connectivity index (χ0) is 10.5. The van der Waals surface area contributed by atoms with Gasteiger partial charge in [-0.15, -0.1) is 5.11 Å². The van der Waals surface area contributed by atoms with Gasteiger partial charge in [-0.3, -0.25) is 5.01 Å². The second-order valence-electron chi connectivity index (χ2n) is 4.04. The van der Waals surface area contributed by atoms with E-state index in [9.17, 15) is 0 Å². The molecule has 1 aliphatic heterocycles. The molecule has 3 heteroatoms. The van der Waals surface area contributed by atoms with Gasteiger partial charge in [0.25, 0.3) is 0 Å². The Morgan fingerprint density at radius 2 is 1.67 bits per heavy atom. The van der Waals surface area contributed by atoms with Crippen LogP contribution in [0, 0.1) is 6.92 Å². The van der Waals surface area contributed by atoms with Gasteiger partial charge in [-0.1, -0.05) is 22.9 Å². The Morgan fingerprint density at radius 1 is 1.00 bits per heavy atom. The van der Waals surface area contributed by atoms with Crippen molar-refractivity contribution in [2.75, 3.05) is 13.1 Å². The molecule has 0 unspecified atom stereocenters. The number of hydrogen-bond acceptors (Lipinski definition) is 2. The molecular formula is C12H17N3. The lowest BCUT2D eigenvalue weighted by Gasteiger charge is -2.21. The summed E-state index contributed by atoms with van der Waals surface area (Å²) in [6.45, 7) is 4.18. The quantitative estimate of drug-likeness (QED) is 0.676. The van der Waals surface area contributed by atoms with E-state index in [1.165, 1.54) is 24.8 Å². The maximum Gasteiger partial charge on any atom is 0.0874 e. The highest BCUT2D eigenvalue weighted by atomic mass is 15.5. The maximum atomic E-state index is 4.24. The van der Waals surface area contributed by atoms with E-state index in [1.807, 2.05) is 12.1 Å². The normalized spacial score (nSPS) is 17.3. The summed E-state index contributed by atoms with van der Waals surface area (Å²) in [5.41, 5.74) is 2.19. The Kier molecular flexibility index (Phi) is 3.33. The number of aryl methyl sites for hydroxylation is 1. The van der Waals surface area contributed by atoms with Crippen molar-refractivity contribution in [3.63, 3.8) is 0 Å². The molecule has 3 nitrogen and oxygen atoms in total. The first kappa shape index (κ1) is 10.1. The highest BCUT2D eigenvalue weighted by Crippen LogP contribution is 2.15. The van der Waals surface area contributed by atoms with Gasteiger partial charge < -0.3 is 0 Å². The highest BCUT2D eigenvalue weighted by molar-refractivity contribution is 5.37. The van der Waals surface area contributed by atoms with Crippen LogP contribution < -0.4 is 0 Å². The third kappa shape index (κ3) is 3.05. The van der Waals surface area contributed by atoms with Crippen LogP contribution in [0.4, 0.5) is 5.69 Å². The number of hydrogen-bond donors (Lipinski definition) is 0. The van der Waals surface area contributed by atoms with Crippen molar-refractivity contribution >= 4 is 5.69 Å². The third-order valence-electron chi connectivity index (χ3n) is 2.65. The fourth-order valence-electron chi connectivity index (χ4n) is 1.69. The van der Waals surface area contributed by atoms with Crippen LogP contribution in [0.2, 0.25) is 0 Å². The standard InChI is InChI=1S/C12H17N3/c1-11-5-7-12(8-6-11)13-14-15-9-3-2-4-10-15/h5-8H,2-4,9-10H2,1H3. The predicted octanol–water partition coefficient (Wildman–Crippen LogP) is 3.48. The van der Waals surface area contributed by atoms with Crippen molar-refractivity contribution in [1.82, 2.24) is 5.01 Å². The molecule has 0 saturated carbocycles. The number of piperidine rings is 1. The summed E-state index contributed by atoms with van der Waals surface area (Å²) >= 11 is 0. The lowest BCUT2D eigenvalue weighted by Crippen LogP contribution is -2.23. The third-order valence-corrected chi connectivity index (χ3v) is 2.65. The summed E-state index contributed by atoms with van der Waals surface area (Å²) in [5.74, 6) is 0. The molecule has 0 atom stereocenters. The zero-order valence-electron chi connectivity index (χ0n) is 9.19. The average Bonchev–Trinajstić information content (AvgIpc) is 2.30. The molecule has 80 valence electrons. The van der Waals surface area contributed by atoms with E-state index in [0.717, 1.165) is 18.8 Å². The molecule has 0 radical (unpaired) electrons. The molecule has 0 amide bonds. The van der Waals surface area contributed by atoms with Gasteiger partial charge in [0.1, 0.15) is 0 Å². The van der Waals surface area contributed by atoms with Crippen LogP contribution in [0.3, 0.4) is 0 Å². The second-order valence-corrected chi connectivity index (χ2v) is 4.04. The smallest absolute Gasteiger partial charge is 0.0874 e. The van der Waals surface area contributed by atoms with Gasteiger partial charge in [0.05, 0.1) is 5.69 Å². The fourth-order valence-corrected chi connectivity index (χ4v) is 1.69. The molecule has 1 saturated heterocycles. The molecule has 1 aromatic carbocycles. The summed E-state index contributed by atoms with van der Waals surface area (Å²) in [6.07, 6.45) is 3.82. The summed E-state index contributed by atoms with van der Waals surface area (Å²) in [4.78, 5) is 0. The summed E-state index contributed by atoms with van der Waals surface area (Å²) in [5, 5.41) is 10.5. The van der Waals surface area contributed by atoms with Gasteiger partial charge in [0.2, 0.25) is 0 Å². The van der Waals surface area contributed by atoms with Crippen molar-refractivity contribution in [3.05, 3.63) is 29.8 Å². The number of rotatable bonds is 2. The topological polar surface area (TPSA) is 28.0 Å².